The third-order valence-corrected chi connectivity index (χ3v) is 8.89. The smallest absolute Gasteiger partial charge is 0.400 e. The molecule has 3 rings (SSSR count). The van der Waals surface area contributed by atoms with Crippen LogP contribution in [0.4, 0.5) is 0 Å². The van der Waals surface area contributed by atoms with Crippen molar-refractivity contribution in [2.45, 2.75) is 38.4 Å². The molecule has 0 aliphatic rings. The van der Waals surface area contributed by atoms with Gasteiger partial charge in [0.15, 0.2) is 3.57 Å². The maximum absolute atomic E-state index is 10.4. The predicted molar refractivity (Wildman–Crippen MR) is 109 cm³/mol. The average molecular weight is 528 g/mol. The first kappa shape index (κ1) is 22.9. The van der Waals surface area contributed by atoms with Crippen molar-refractivity contribution in [2.24, 2.45) is 0 Å². The zero-order valence-corrected chi connectivity index (χ0v) is 20.7. The summed E-state index contributed by atoms with van der Waals surface area (Å²) in [5, 5.41) is 1.22. The lowest BCUT2D eigenvalue weighted by Gasteiger charge is -2.09. The number of furan rings is 1. The number of hydrogen-bond acceptors (Lipinski definition) is 4. The number of aryl methyl sites for hydroxylation is 2. The SMILES string of the molecule is Cc1ccc(S(=O)(=O)[O-])cc1.Cc1ccc([I+]c2ccc([Si](C)(C)C)o2)cc1. The Balaban J connectivity index is 0.000000221. The summed E-state index contributed by atoms with van der Waals surface area (Å²) >= 11 is -0.156. The Morgan fingerprint density at radius 2 is 1.32 bits per heavy atom. The average Bonchev–Trinajstić information content (AvgIpc) is 3.06. The summed E-state index contributed by atoms with van der Waals surface area (Å²) in [6.07, 6.45) is 0. The molecule has 0 radical (unpaired) electrons. The van der Waals surface area contributed by atoms with Crippen LogP contribution in [0.2, 0.25) is 19.6 Å². The van der Waals surface area contributed by atoms with E-state index < -0.39 is 18.2 Å². The number of hydrogen-bond donors (Lipinski definition) is 0. The lowest BCUT2D eigenvalue weighted by atomic mass is 10.2. The van der Waals surface area contributed by atoms with Gasteiger partial charge < -0.3 is 8.97 Å². The van der Waals surface area contributed by atoms with E-state index in [2.05, 4.69) is 63.0 Å². The van der Waals surface area contributed by atoms with Gasteiger partial charge in [0.2, 0.25) is 0 Å². The second-order valence-electron chi connectivity index (χ2n) is 7.51. The number of rotatable bonds is 4. The summed E-state index contributed by atoms with van der Waals surface area (Å²) in [6, 6.07) is 18.9. The van der Waals surface area contributed by atoms with E-state index in [0.717, 1.165) is 5.56 Å². The summed E-state index contributed by atoms with van der Waals surface area (Å²) in [5.41, 5.74) is 2.25. The molecule has 28 heavy (non-hydrogen) atoms. The van der Waals surface area contributed by atoms with Crippen LogP contribution in [-0.4, -0.2) is 21.0 Å². The first-order valence-corrected chi connectivity index (χ1v) is 15.9. The standard InChI is InChI=1S/C14H18IOSi.C7H8O3S/c1-11-5-7-12(8-6-11)15-13-9-10-14(16-13)17(2,3)4;1-6-2-4-7(5-3-6)11(8,9)10/h5-10H,1-4H3;2-5H,1H3,(H,8,9,10)/q+1;/p-1. The van der Waals surface area contributed by atoms with Gasteiger partial charge in [0.25, 0.3) is 0 Å². The quantitative estimate of drug-likeness (QED) is 0.290. The first-order chi connectivity index (χ1) is 12.9. The molecular formula is C21H25IO4SSi. The molecule has 2 aromatic carbocycles. The Morgan fingerprint density at radius 3 is 1.75 bits per heavy atom. The predicted octanol–water partition coefficient (Wildman–Crippen LogP) is 1.16. The highest BCUT2D eigenvalue weighted by Gasteiger charge is 2.26. The van der Waals surface area contributed by atoms with Gasteiger partial charge in [-0.25, -0.2) is 8.42 Å². The van der Waals surface area contributed by atoms with Crippen molar-refractivity contribution in [2.75, 3.05) is 0 Å². The van der Waals surface area contributed by atoms with Crippen LogP contribution in [0.5, 0.6) is 0 Å². The minimum absolute atomic E-state index is 0.156. The van der Waals surface area contributed by atoms with E-state index in [4.69, 9.17) is 4.42 Å². The number of benzene rings is 2. The van der Waals surface area contributed by atoms with E-state index >= 15 is 0 Å². The molecule has 4 nitrogen and oxygen atoms in total. The maximum Gasteiger partial charge on any atom is 0.400 e. The molecule has 150 valence electrons. The van der Waals surface area contributed by atoms with E-state index in [0.29, 0.717) is 0 Å². The highest BCUT2D eigenvalue weighted by molar-refractivity contribution is 7.85. The molecule has 0 saturated heterocycles. The van der Waals surface area contributed by atoms with Crippen molar-refractivity contribution in [3.8, 4) is 0 Å². The van der Waals surface area contributed by atoms with Crippen molar-refractivity contribution in [3.05, 3.63) is 79.1 Å². The van der Waals surface area contributed by atoms with Gasteiger partial charge in [-0.15, -0.1) is 0 Å². The Labute approximate surface area is 179 Å². The summed E-state index contributed by atoms with van der Waals surface area (Å²) in [5.74, 6) is 0. The fraction of sp³-hybridized carbons (Fsp3) is 0.238. The van der Waals surface area contributed by atoms with E-state index in [-0.39, 0.29) is 26.1 Å². The normalized spacial score (nSPS) is 11.6. The molecule has 0 aliphatic carbocycles. The van der Waals surface area contributed by atoms with Crippen LogP contribution in [0, 0.1) is 21.2 Å². The Kier molecular flexibility index (Phi) is 7.66. The van der Waals surface area contributed by atoms with Crippen molar-refractivity contribution < 1.29 is 38.6 Å². The van der Waals surface area contributed by atoms with Crippen LogP contribution in [-0.2, 0) is 10.1 Å². The van der Waals surface area contributed by atoms with Crippen LogP contribution < -0.4 is 26.6 Å². The molecule has 0 saturated carbocycles. The van der Waals surface area contributed by atoms with Crippen LogP contribution in [0.15, 0.2) is 70.0 Å². The Morgan fingerprint density at radius 1 is 0.821 bits per heavy atom. The van der Waals surface area contributed by atoms with Gasteiger partial charge in [0, 0.05) is 6.07 Å². The molecule has 0 fully saturated rings. The van der Waals surface area contributed by atoms with Gasteiger partial charge >= 0.3 is 25.0 Å². The minimum atomic E-state index is -4.27. The zero-order chi connectivity index (χ0) is 20.9. The monoisotopic (exact) mass is 528 g/mol. The van der Waals surface area contributed by atoms with Crippen molar-refractivity contribution in [3.63, 3.8) is 0 Å². The van der Waals surface area contributed by atoms with Gasteiger partial charge in [0.05, 0.1) is 10.3 Å². The van der Waals surface area contributed by atoms with Crippen molar-refractivity contribution >= 4 is 23.6 Å². The molecule has 0 spiro atoms. The van der Waals surface area contributed by atoms with E-state index in [9.17, 15) is 13.0 Å². The first-order valence-electron chi connectivity index (χ1n) is 8.79. The molecule has 0 atom stereocenters. The molecule has 0 bridgehead atoms. The minimum Gasteiger partial charge on any atom is -0.744 e. The largest absolute Gasteiger partial charge is 0.744 e. The lowest BCUT2D eigenvalue weighted by Crippen LogP contribution is -3.61. The second kappa shape index (κ2) is 9.38. The molecule has 7 heteroatoms. The van der Waals surface area contributed by atoms with Gasteiger partial charge in [0.1, 0.15) is 18.2 Å². The van der Waals surface area contributed by atoms with Crippen LogP contribution in [0.3, 0.4) is 0 Å². The van der Waals surface area contributed by atoms with Crippen LogP contribution in [0.25, 0.3) is 0 Å². The molecular weight excluding hydrogens is 503 g/mol. The maximum atomic E-state index is 10.4. The highest BCUT2D eigenvalue weighted by Crippen LogP contribution is 2.08. The molecule has 0 aliphatic heterocycles. The summed E-state index contributed by atoms with van der Waals surface area (Å²) in [4.78, 5) is -0.178. The fourth-order valence-corrected chi connectivity index (χ4v) is 5.89. The molecule has 0 amide bonds. The van der Waals surface area contributed by atoms with E-state index in [1.807, 2.05) is 6.92 Å². The highest BCUT2D eigenvalue weighted by atomic mass is 127. The summed E-state index contributed by atoms with van der Waals surface area (Å²) < 4.78 is 39.8. The zero-order valence-electron chi connectivity index (χ0n) is 16.7. The summed E-state index contributed by atoms with van der Waals surface area (Å²) in [6.45, 7) is 10.9. The fourth-order valence-electron chi connectivity index (χ4n) is 2.18. The van der Waals surface area contributed by atoms with Crippen molar-refractivity contribution in [1.29, 1.82) is 0 Å². The molecule has 3 aromatic rings. The topological polar surface area (TPSA) is 70.3 Å². The number of halogens is 1. The van der Waals surface area contributed by atoms with Crippen molar-refractivity contribution in [1.82, 2.24) is 0 Å². The molecule has 0 N–H and O–H groups in total. The van der Waals surface area contributed by atoms with Crippen LogP contribution in [0.1, 0.15) is 11.1 Å². The van der Waals surface area contributed by atoms with Gasteiger partial charge in [-0.1, -0.05) is 55.0 Å². The third kappa shape index (κ3) is 7.19. The Hall–Kier alpha value is -1.42. The summed E-state index contributed by atoms with van der Waals surface area (Å²) in [7, 11) is -5.56. The Bertz CT molecular complexity index is 1000. The molecule has 1 heterocycles. The third-order valence-electron chi connectivity index (χ3n) is 3.84. The molecule has 0 unspecified atom stereocenters. The molecule has 1 aromatic heterocycles. The van der Waals surface area contributed by atoms with Gasteiger partial charge in [-0.3, -0.25) is 0 Å². The van der Waals surface area contributed by atoms with Gasteiger partial charge in [-0.2, -0.15) is 0 Å². The van der Waals surface area contributed by atoms with E-state index in [1.165, 1.54) is 30.4 Å². The second-order valence-corrected chi connectivity index (χ2v) is 16.7. The lowest BCUT2D eigenvalue weighted by molar-refractivity contribution is -0.617. The van der Waals surface area contributed by atoms with E-state index in [1.54, 1.807) is 12.1 Å². The van der Waals surface area contributed by atoms with Gasteiger partial charge in [-0.05, 0) is 44.2 Å². The van der Waals surface area contributed by atoms with Crippen LogP contribution >= 0.6 is 0 Å².